The highest BCUT2D eigenvalue weighted by atomic mass is 19.1. The number of aryl methyl sites for hydroxylation is 1. The summed E-state index contributed by atoms with van der Waals surface area (Å²) >= 11 is 0. The van der Waals surface area contributed by atoms with Gasteiger partial charge in [0.25, 0.3) is 0 Å². The van der Waals surface area contributed by atoms with E-state index in [0.29, 0.717) is 5.56 Å². The summed E-state index contributed by atoms with van der Waals surface area (Å²) in [5, 5.41) is 3.28. The number of nitrogens with zero attached hydrogens (tertiary/aromatic N) is 1. The average Bonchev–Trinajstić information content (AvgIpc) is 2.73. The zero-order valence-electron chi connectivity index (χ0n) is 9.87. The third-order valence-electron chi connectivity index (χ3n) is 3.35. The topological polar surface area (TPSA) is 17.0 Å². The molecule has 18 heavy (non-hydrogen) atoms. The van der Waals surface area contributed by atoms with Crippen molar-refractivity contribution >= 4 is 0 Å². The number of hydrogen-bond donors (Lipinski definition) is 1. The second kappa shape index (κ2) is 4.53. The normalized spacial score (nSPS) is 19.3. The smallest absolute Gasteiger partial charge is 0.128 e. The predicted molar refractivity (Wildman–Crippen MR) is 65.3 cm³/mol. The van der Waals surface area contributed by atoms with Crippen LogP contribution in [0.3, 0.4) is 0 Å². The molecule has 0 saturated heterocycles. The molecule has 1 aliphatic rings. The van der Waals surface area contributed by atoms with Crippen molar-refractivity contribution in [3.63, 3.8) is 0 Å². The Hall–Kier alpha value is -1.68. The van der Waals surface area contributed by atoms with Crippen LogP contribution in [0.2, 0.25) is 0 Å². The van der Waals surface area contributed by atoms with E-state index in [2.05, 4.69) is 9.88 Å². The maximum absolute atomic E-state index is 13.9. The Bertz CT molecular complexity index is 563. The molecule has 0 aliphatic carbocycles. The van der Waals surface area contributed by atoms with Gasteiger partial charge in [-0.25, -0.2) is 8.78 Å². The van der Waals surface area contributed by atoms with E-state index in [1.54, 1.807) is 0 Å². The van der Waals surface area contributed by atoms with Gasteiger partial charge in [-0.05, 0) is 43.3 Å². The highest BCUT2D eigenvalue weighted by Gasteiger charge is 2.22. The van der Waals surface area contributed by atoms with E-state index in [1.807, 2.05) is 18.3 Å². The summed E-state index contributed by atoms with van der Waals surface area (Å²) < 4.78 is 29.3. The van der Waals surface area contributed by atoms with Crippen LogP contribution in [0.5, 0.6) is 0 Å². The summed E-state index contributed by atoms with van der Waals surface area (Å²) in [7, 11) is 0. The van der Waals surface area contributed by atoms with Crippen molar-refractivity contribution in [3.8, 4) is 0 Å². The van der Waals surface area contributed by atoms with E-state index in [-0.39, 0.29) is 11.9 Å². The molecule has 94 valence electrons. The first-order chi connectivity index (χ1) is 8.75. The maximum Gasteiger partial charge on any atom is 0.128 e. The van der Waals surface area contributed by atoms with Crippen LogP contribution >= 0.6 is 0 Å². The fourth-order valence-corrected chi connectivity index (χ4v) is 2.50. The van der Waals surface area contributed by atoms with Gasteiger partial charge in [-0.2, -0.15) is 0 Å². The molecule has 1 aromatic heterocycles. The van der Waals surface area contributed by atoms with Crippen molar-refractivity contribution in [2.45, 2.75) is 19.0 Å². The van der Waals surface area contributed by atoms with Crippen LogP contribution < -0.4 is 5.32 Å². The molecule has 0 radical (unpaired) electrons. The van der Waals surface area contributed by atoms with Gasteiger partial charge >= 0.3 is 0 Å². The molecule has 1 aliphatic heterocycles. The highest BCUT2D eigenvalue weighted by molar-refractivity contribution is 5.31. The van der Waals surface area contributed by atoms with E-state index in [0.717, 1.165) is 31.3 Å². The Balaban J connectivity index is 2.09. The molecule has 0 saturated carbocycles. The molecule has 2 nitrogen and oxygen atoms in total. The lowest BCUT2D eigenvalue weighted by Gasteiger charge is -2.18. The van der Waals surface area contributed by atoms with Gasteiger partial charge in [0.15, 0.2) is 0 Å². The summed E-state index contributed by atoms with van der Waals surface area (Å²) in [6.07, 6.45) is 2.96. The van der Waals surface area contributed by atoms with E-state index in [4.69, 9.17) is 0 Å². The fourth-order valence-electron chi connectivity index (χ4n) is 2.50. The minimum absolute atomic E-state index is 0.279. The summed E-state index contributed by atoms with van der Waals surface area (Å²) in [5.74, 6) is -0.779. The molecule has 0 spiro atoms. The van der Waals surface area contributed by atoms with Crippen molar-refractivity contribution in [2.24, 2.45) is 0 Å². The second-order valence-corrected chi connectivity index (χ2v) is 4.53. The lowest BCUT2D eigenvalue weighted by atomic mass is 10.0. The highest BCUT2D eigenvalue weighted by Crippen LogP contribution is 2.27. The third kappa shape index (κ3) is 1.93. The summed E-state index contributed by atoms with van der Waals surface area (Å²) in [6, 6.07) is 7.22. The van der Waals surface area contributed by atoms with Crippen LogP contribution in [-0.2, 0) is 6.54 Å². The fraction of sp³-hybridized carbons (Fsp3) is 0.286. The molecule has 0 fully saturated rings. The van der Waals surface area contributed by atoms with Gasteiger partial charge in [-0.1, -0.05) is 0 Å². The molecule has 3 rings (SSSR count). The SMILES string of the molecule is Fc1ccc(F)c(C2NCCCn3cccc32)c1. The monoisotopic (exact) mass is 248 g/mol. The number of benzene rings is 1. The number of hydrogen-bond acceptors (Lipinski definition) is 1. The molecular weight excluding hydrogens is 234 g/mol. The Morgan fingerprint density at radius 2 is 2.11 bits per heavy atom. The van der Waals surface area contributed by atoms with Crippen molar-refractivity contribution < 1.29 is 8.78 Å². The Kier molecular flexibility index (Phi) is 2.88. The van der Waals surface area contributed by atoms with Gasteiger partial charge in [-0.15, -0.1) is 0 Å². The van der Waals surface area contributed by atoms with Crippen LogP contribution in [0.4, 0.5) is 8.78 Å². The second-order valence-electron chi connectivity index (χ2n) is 4.53. The molecule has 2 aromatic rings. The summed E-state index contributed by atoms with van der Waals surface area (Å²) in [4.78, 5) is 0. The molecule has 1 atom stereocenters. The minimum atomic E-state index is -0.407. The van der Waals surface area contributed by atoms with Gasteiger partial charge < -0.3 is 9.88 Å². The van der Waals surface area contributed by atoms with Gasteiger partial charge in [0.1, 0.15) is 11.6 Å². The number of nitrogens with one attached hydrogen (secondary N) is 1. The maximum atomic E-state index is 13.9. The Morgan fingerprint density at radius 1 is 1.22 bits per heavy atom. The van der Waals surface area contributed by atoms with E-state index < -0.39 is 5.82 Å². The van der Waals surface area contributed by atoms with Crippen LogP contribution in [0.25, 0.3) is 0 Å². The molecule has 1 unspecified atom stereocenters. The van der Waals surface area contributed by atoms with Crippen molar-refractivity contribution in [3.05, 3.63) is 59.4 Å². The molecule has 0 amide bonds. The molecule has 0 bridgehead atoms. The predicted octanol–water partition coefficient (Wildman–Crippen LogP) is 2.85. The third-order valence-corrected chi connectivity index (χ3v) is 3.35. The lowest BCUT2D eigenvalue weighted by molar-refractivity contribution is 0.539. The number of fused-ring (bicyclic) bond motifs is 1. The van der Waals surface area contributed by atoms with Gasteiger partial charge in [0.2, 0.25) is 0 Å². The molecule has 4 heteroatoms. The van der Waals surface area contributed by atoms with Crippen molar-refractivity contribution in [1.29, 1.82) is 0 Å². The molecular formula is C14H14F2N2. The number of aromatic nitrogens is 1. The van der Waals surface area contributed by atoms with E-state index in [9.17, 15) is 8.78 Å². The van der Waals surface area contributed by atoms with Crippen LogP contribution in [0.15, 0.2) is 36.5 Å². The van der Waals surface area contributed by atoms with E-state index in [1.165, 1.54) is 12.1 Å². The molecule has 1 aromatic carbocycles. The first-order valence-electron chi connectivity index (χ1n) is 6.09. The van der Waals surface area contributed by atoms with Crippen molar-refractivity contribution in [1.82, 2.24) is 9.88 Å². The summed E-state index contributed by atoms with van der Waals surface area (Å²) in [6.45, 7) is 1.70. The Labute approximate surface area is 104 Å². The zero-order chi connectivity index (χ0) is 12.5. The van der Waals surface area contributed by atoms with Crippen LogP contribution in [0.1, 0.15) is 23.7 Å². The van der Waals surface area contributed by atoms with Gasteiger partial charge in [0.05, 0.1) is 6.04 Å². The minimum Gasteiger partial charge on any atom is -0.350 e. The lowest BCUT2D eigenvalue weighted by Crippen LogP contribution is -2.23. The number of halogens is 2. The average molecular weight is 248 g/mol. The first kappa shape index (κ1) is 11.4. The van der Waals surface area contributed by atoms with Gasteiger partial charge in [-0.3, -0.25) is 0 Å². The molecule has 1 N–H and O–H groups in total. The summed E-state index contributed by atoms with van der Waals surface area (Å²) in [5.41, 5.74) is 1.36. The molecule has 2 heterocycles. The van der Waals surface area contributed by atoms with Crippen LogP contribution in [0, 0.1) is 11.6 Å². The standard InChI is InChI=1S/C14H14F2N2/c15-10-4-5-12(16)11(9-10)14-13-3-1-7-18(13)8-2-6-17-14/h1,3-5,7,9,14,17H,2,6,8H2. The largest absolute Gasteiger partial charge is 0.350 e. The van der Waals surface area contributed by atoms with Crippen molar-refractivity contribution in [2.75, 3.05) is 6.54 Å². The van der Waals surface area contributed by atoms with E-state index >= 15 is 0 Å². The van der Waals surface area contributed by atoms with Crippen LogP contribution in [-0.4, -0.2) is 11.1 Å². The first-order valence-corrected chi connectivity index (χ1v) is 6.09. The quantitative estimate of drug-likeness (QED) is 0.821. The number of rotatable bonds is 1. The Morgan fingerprint density at radius 3 is 3.00 bits per heavy atom. The van der Waals surface area contributed by atoms with Gasteiger partial charge in [0, 0.05) is 24.0 Å². The zero-order valence-corrected chi connectivity index (χ0v) is 9.87.